The fourth-order valence-corrected chi connectivity index (χ4v) is 4.49. The largest absolute Gasteiger partial charge is 0.381 e. The normalized spacial score (nSPS) is 17.4. The number of anilines is 1. The van der Waals surface area contributed by atoms with Crippen LogP contribution in [0.4, 0.5) is 5.82 Å². The Morgan fingerprint density at radius 2 is 1.81 bits per heavy atom. The summed E-state index contributed by atoms with van der Waals surface area (Å²) in [4.78, 5) is 33.7. The number of hydrogen-bond donors (Lipinski definition) is 1. The summed E-state index contributed by atoms with van der Waals surface area (Å²) in [7, 11) is 0. The van der Waals surface area contributed by atoms with Crippen molar-refractivity contribution in [2.24, 2.45) is 5.92 Å². The van der Waals surface area contributed by atoms with Gasteiger partial charge in [0.15, 0.2) is 0 Å². The molecule has 1 saturated carbocycles. The SMILES string of the molecule is CCCCOCCCNC(=O)c1ccc(N2CCN(C(=O)CC3CCCCC3)CC2)nc1. The van der Waals surface area contributed by atoms with E-state index in [1.165, 1.54) is 32.1 Å². The van der Waals surface area contributed by atoms with Crippen molar-refractivity contribution in [3.63, 3.8) is 0 Å². The molecule has 32 heavy (non-hydrogen) atoms. The number of carbonyl (C=O) groups is 2. The van der Waals surface area contributed by atoms with Crippen LogP contribution in [0.1, 0.15) is 75.1 Å². The summed E-state index contributed by atoms with van der Waals surface area (Å²) in [6.45, 7) is 7.27. The zero-order valence-corrected chi connectivity index (χ0v) is 19.7. The average molecular weight is 445 g/mol. The molecule has 2 amide bonds. The highest BCUT2D eigenvalue weighted by Gasteiger charge is 2.25. The molecule has 0 bridgehead atoms. The van der Waals surface area contributed by atoms with E-state index in [9.17, 15) is 9.59 Å². The third-order valence-corrected chi connectivity index (χ3v) is 6.55. The molecule has 0 aromatic carbocycles. The van der Waals surface area contributed by atoms with Crippen molar-refractivity contribution in [3.8, 4) is 0 Å². The predicted molar refractivity (Wildman–Crippen MR) is 127 cm³/mol. The van der Waals surface area contributed by atoms with E-state index in [2.05, 4.69) is 22.1 Å². The van der Waals surface area contributed by atoms with E-state index in [0.717, 1.165) is 57.9 Å². The van der Waals surface area contributed by atoms with E-state index in [1.807, 2.05) is 17.0 Å². The monoisotopic (exact) mass is 444 g/mol. The lowest BCUT2D eigenvalue weighted by Crippen LogP contribution is -2.49. The minimum absolute atomic E-state index is 0.101. The maximum atomic E-state index is 12.6. The zero-order chi connectivity index (χ0) is 22.6. The van der Waals surface area contributed by atoms with Crippen molar-refractivity contribution in [1.82, 2.24) is 15.2 Å². The lowest BCUT2D eigenvalue weighted by molar-refractivity contribution is -0.132. The molecule has 1 aromatic rings. The van der Waals surface area contributed by atoms with E-state index in [0.29, 0.717) is 37.0 Å². The second kappa shape index (κ2) is 13.4. The number of ether oxygens (including phenoxy) is 1. The van der Waals surface area contributed by atoms with Crippen LogP contribution in [-0.2, 0) is 9.53 Å². The van der Waals surface area contributed by atoms with Gasteiger partial charge >= 0.3 is 0 Å². The van der Waals surface area contributed by atoms with E-state index < -0.39 is 0 Å². The smallest absolute Gasteiger partial charge is 0.252 e. The quantitative estimate of drug-likeness (QED) is 0.528. The summed E-state index contributed by atoms with van der Waals surface area (Å²) in [6, 6.07) is 3.73. The number of nitrogens with one attached hydrogen (secondary N) is 1. The Morgan fingerprint density at radius 1 is 1.06 bits per heavy atom. The maximum absolute atomic E-state index is 12.6. The van der Waals surface area contributed by atoms with Gasteiger partial charge in [-0.05, 0) is 43.7 Å². The Balaban J connectivity index is 1.36. The van der Waals surface area contributed by atoms with Crippen molar-refractivity contribution in [2.45, 2.75) is 64.7 Å². The fourth-order valence-electron chi connectivity index (χ4n) is 4.49. The highest BCUT2D eigenvalue weighted by molar-refractivity contribution is 5.94. The molecule has 7 nitrogen and oxygen atoms in total. The van der Waals surface area contributed by atoms with Gasteiger partial charge in [0.25, 0.3) is 5.91 Å². The summed E-state index contributed by atoms with van der Waals surface area (Å²) in [6.07, 6.45) is 11.7. The first-order valence-electron chi connectivity index (χ1n) is 12.5. The highest BCUT2D eigenvalue weighted by atomic mass is 16.5. The lowest BCUT2D eigenvalue weighted by atomic mass is 9.86. The minimum Gasteiger partial charge on any atom is -0.381 e. The van der Waals surface area contributed by atoms with Gasteiger partial charge < -0.3 is 19.9 Å². The second-order valence-corrected chi connectivity index (χ2v) is 9.06. The maximum Gasteiger partial charge on any atom is 0.252 e. The molecular formula is C25H40N4O3. The molecule has 178 valence electrons. The molecule has 1 aromatic heterocycles. The topological polar surface area (TPSA) is 74.8 Å². The van der Waals surface area contributed by atoms with Gasteiger partial charge in [0.05, 0.1) is 5.56 Å². The van der Waals surface area contributed by atoms with E-state index in [1.54, 1.807) is 6.20 Å². The van der Waals surface area contributed by atoms with Crippen molar-refractivity contribution in [3.05, 3.63) is 23.9 Å². The number of aromatic nitrogens is 1. The molecule has 0 radical (unpaired) electrons. The first-order chi connectivity index (χ1) is 15.7. The Morgan fingerprint density at radius 3 is 2.50 bits per heavy atom. The summed E-state index contributed by atoms with van der Waals surface area (Å²) >= 11 is 0. The summed E-state index contributed by atoms with van der Waals surface area (Å²) < 4.78 is 5.51. The first-order valence-corrected chi connectivity index (χ1v) is 12.5. The second-order valence-electron chi connectivity index (χ2n) is 9.06. The summed E-state index contributed by atoms with van der Waals surface area (Å²) in [5.74, 6) is 1.66. The summed E-state index contributed by atoms with van der Waals surface area (Å²) in [5, 5.41) is 2.92. The van der Waals surface area contributed by atoms with Crippen LogP contribution in [0, 0.1) is 5.92 Å². The summed E-state index contributed by atoms with van der Waals surface area (Å²) in [5.41, 5.74) is 0.571. The molecule has 0 atom stereocenters. The molecule has 2 heterocycles. The van der Waals surface area contributed by atoms with Gasteiger partial charge in [0, 0.05) is 58.6 Å². The molecule has 1 N–H and O–H groups in total. The molecule has 1 aliphatic carbocycles. The van der Waals surface area contributed by atoms with E-state index >= 15 is 0 Å². The number of nitrogens with zero attached hydrogens (tertiary/aromatic N) is 3. The molecule has 3 rings (SSSR count). The van der Waals surface area contributed by atoms with Crippen LogP contribution >= 0.6 is 0 Å². The van der Waals surface area contributed by atoms with Crippen LogP contribution in [-0.4, -0.2) is 67.6 Å². The first kappa shape index (κ1) is 24.5. The molecule has 2 aliphatic rings. The van der Waals surface area contributed by atoms with E-state index in [-0.39, 0.29) is 5.91 Å². The highest BCUT2D eigenvalue weighted by Crippen LogP contribution is 2.27. The van der Waals surface area contributed by atoms with Crippen LogP contribution in [0.15, 0.2) is 18.3 Å². The van der Waals surface area contributed by atoms with Crippen LogP contribution in [0.2, 0.25) is 0 Å². The van der Waals surface area contributed by atoms with Gasteiger partial charge in [-0.15, -0.1) is 0 Å². The van der Waals surface area contributed by atoms with Gasteiger partial charge in [-0.2, -0.15) is 0 Å². The van der Waals surface area contributed by atoms with Gasteiger partial charge in [0.1, 0.15) is 5.82 Å². The third kappa shape index (κ3) is 7.76. The van der Waals surface area contributed by atoms with Crippen molar-refractivity contribution in [2.75, 3.05) is 50.8 Å². The van der Waals surface area contributed by atoms with Crippen LogP contribution < -0.4 is 10.2 Å². The molecular weight excluding hydrogens is 404 g/mol. The van der Waals surface area contributed by atoms with Gasteiger partial charge in [-0.25, -0.2) is 4.98 Å². The number of piperazine rings is 1. The molecule has 0 spiro atoms. The fraction of sp³-hybridized carbons (Fsp3) is 0.720. The van der Waals surface area contributed by atoms with E-state index in [4.69, 9.17) is 4.74 Å². The van der Waals surface area contributed by atoms with Crippen LogP contribution in [0.25, 0.3) is 0 Å². The van der Waals surface area contributed by atoms with Crippen LogP contribution in [0.5, 0.6) is 0 Å². The molecule has 2 fully saturated rings. The number of amides is 2. The predicted octanol–water partition coefficient (Wildman–Crippen LogP) is 3.64. The zero-order valence-electron chi connectivity index (χ0n) is 19.7. The Kier molecular flexibility index (Phi) is 10.3. The number of rotatable bonds is 11. The molecule has 1 aliphatic heterocycles. The molecule has 1 saturated heterocycles. The third-order valence-electron chi connectivity index (χ3n) is 6.55. The molecule has 7 heteroatoms. The number of carbonyl (C=O) groups excluding carboxylic acids is 2. The lowest BCUT2D eigenvalue weighted by Gasteiger charge is -2.36. The Hall–Kier alpha value is -2.15. The van der Waals surface area contributed by atoms with Gasteiger partial charge in [-0.3, -0.25) is 9.59 Å². The Bertz CT molecular complexity index is 696. The van der Waals surface area contributed by atoms with Crippen molar-refractivity contribution >= 4 is 17.6 Å². The van der Waals surface area contributed by atoms with Gasteiger partial charge in [-0.1, -0.05) is 32.6 Å². The number of hydrogen-bond acceptors (Lipinski definition) is 5. The number of unbranched alkanes of at least 4 members (excludes halogenated alkanes) is 1. The van der Waals surface area contributed by atoms with Crippen molar-refractivity contribution < 1.29 is 14.3 Å². The van der Waals surface area contributed by atoms with Crippen molar-refractivity contribution in [1.29, 1.82) is 0 Å². The average Bonchev–Trinajstić information content (AvgIpc) is 2.84. The van der Waals surface area contributed by atoms with Crippen LogP contribution in [0.3, 0.4) is 0 Å². The standard InChI is InChI=1S/C25H40N4O3/c1-2-3-17-32-18-7-12-26-25(31)22-10-11-23(27-20-22)28-13-15-29(16-14-28)24(30)19-21-8-5-4-6-9-21/h10-11,20-21H,2-9,12-19H2,1H3,(H,26,31). The number of pyridine rings is 1. The van der Waals surface area contributed by atoms with Gasteiger partial charge in [0.2, 0.25) is 5.91 Å². The minimum atomic E-state index is -0.101. The Labute approximate surface area is 192 Å². The molecule has 0 unspecified atom stereocenters.